The lowest BCUT2D eigenvalue weighted by Crippen LogP contribution is -2.15. The maximum absolute atomic E-state index is 9.43. The summed E-state index contributed by atoms with van der Waals surface area (Å²) >= 11 is 0. The Balaban J connectivity index is 2.04. The fourth-order valence-electron chi connectivity index (χ4n) is 1.71. The number of aromatic hydroxyl groups is 1. The molecular formula is C16H18O3. The third kappa shape index (κ3) is 3.73. The minimum absolute atomic E-state index is 0.261. The molecule has 0 saturated heterocycles. The van der Waals surface area contributed by atoms with Gasteiger partial charge in [-0.05, 0) is 41.8 Å². The summed E-state index contributed by atoms with van der Waals surface area (Å²) in [5.41, 5.74) is 2.10. The van der Waals surface area contributed by atoms with Crippen LogP contribution in [0.5, 0.6) is 11.5 Å². The second-order valence-electron chi connectivity index (χ2n) is 4.44. The van der Waals surface area contributed by atoms with Crippen LogP contribution in [-0.2, 0) is 0 Å². The van der Waals surface area contributed by atoms with Crippen molar-refractivity contribution in [1.29, 1.82) is 0 Å². The zero-order valence-electron chi connectivity index (χ0n) is 10.9. The summed E-state index contributed by atoms with van der Waals surface area (Å²) in [5, 5.41) is 18.7. The van der Waals surface area contributed by atoms with E-state index >= 15 is 0 Å². The van der Waals surface area contributed by atoms with Gasteiger partial charge in [-0.2, -0.15) is 0 Å². The van der Waals surface area contributed by atoms with Crippen LogP contribution in [0.3, 0.4) is 0 Å². The lowest BCUT2D eigenvalue weighted by molar-refractivity contribution is 0.104. The fraction of sp³-hybridized carbons (Fsp3) is 0.250. The number of hydrogen-bond acceptors (Lipinski definition) is 3. The Bertz CT molecular complexity index is 503. The summed E-state index contributed by atoms with van der Waals surface area (Å²) in [6.07, 6.45) is 0.266. The molecule has 0 aromatic heterocycles. The minimum Gasteiger partial charge on any atom is -0.508 e. The smallest absolute Gasteiger partial charge is 0.119 e. The van der Waals surface area contributed by atoms with E-state index in [9.17, 15) is 10.2 Å². The van der Waals surface area contributed by atoms with Crippen LogP contribution in [-0.4, -0.2) is 22.9 Å². The van der Waals surface area contributed by atoms with Gasteiger partial charge in [0.2, 0.25) is 0 Å². The highest BCUT2D eigenvalue weighted by Crippen LogP contribution is 2.24. The van der Waals surface area contributed by atoms with Crippen molar-refractivity contribution in [2.45, 2.75) is 19.4 Å². The standard InChI is InChI=1S/C16H18O3/c1-2-14(17)11-19-16-9-5-13(6-10-16)12-3-7-15(18)8-4-12/h3-10,14,17-18H,2,11H2,1H3. The summed E-state index contributed by atoms with van der Waals surface area (Å²) in [7, 11) is 0. The maximum atomic E-state index is 9.43. The van der Waals surface area contributed by atoms with Crippen LogP contribution in [0.15, 0.2) is 48.5 Å². The Morgan fingerprint density at radius 3 is 2.00 bits per heavy atom. The highest BCUT2D eigenvalue weighted by molar-refractivity contribution is 5.64. The van der Waals surface area contributed by atoms with E-state index in [1.807, 2.05) is 43.3 Å². The van der Waals surface area contributed by atoms with E-state index < -0.39 is 6.10 Å². The van der Waals surface area contributed by atoms with Gasteiger partial charge in [-0.25, -0.2) is 0 Å². The second kappa shape index (κ2) is 6.25. The molecule has 0 spiro atoms. The Morgan fingerprint density at radius 2 is 1.47 bits per heavy atom. The SMILES string of the molecule is CCC(O)COc1ccc(-c2ccc(O)cc2)cc1. The molecule has 0 fully saturated rings. The number of phenolic OH excluding ortho intramolecular Hbond substituents is 1. The van der Waals surface area contributed by atoms with Crippen molar-refractivity contribution in [2.24, 2.45) is 0 Å². The molecule has 1 unspecified atom stereocenters. The molecule has 0 radical (unpaired) electrons. The van der Waals surface area contributed by atoms with Crippen molar-refractivity contribution < 1.29 is 14.9 Å². The average molecular weight is 258 g/mol. The van der Waals surface area contributed by atoms with Gasteiger partial charge in [-0.15, -0.1) is 0 Å². The molecule has 2 N–H and O–H groups in total. The normalized spacial score (nSPS) is 12.1. The van der Waals surface area contributed by atoms with E-state index in [2.05, 4.69) is 0 Å². The van der Waals surface area contributed by atoms with E-state index in [1.165, 1.54) is 0 Å². The first-order valence-electron chi connectivity index (χ1n) is 6.39. The van der Waals surface area contributed by atoms with Crippen LogP contribution in [0.4, 0.5) is 0 Å². The molecule has 2 rings (SSSR count). The monoisotopic (exact) mass is 258 g/mol. The summed E-state index contributed by atoms with van der Waals surface area (Å²) in [6, 6.07) is 14.7. The second-order valence-corrected chi connectivity index (χ2v) is 4.44. The van der Waals surface area contributed by atoms with Gasteiger partial charge in [-0.1, -0.05) is 31.2 Å². The van der Waals surface area contributed by atoms with Gasteiger partial charge in [0, 0.05) is 0 Å². The molecule has 100 valence electrons. The van der Waals surface area contributed by atoms with Crippen LogP contribution in [0.25, 0.3) is 11.1 Å². The minimum atomic E-state index is -0.420. The zero-order chi connectivity index (χ0) is 13.7. The number of ether oxygens (including phenoxy) is 1. The van der Waals surface area contributed by atoms with Crippen molar-refractivity contribution in [3.63, 3.8) is 0 Å². The lowest BCUT2D eigenvalue weighted by Gasteiger charge is -2.10. The molecule has 3 heteroatoms. The number of benzene rings is 2. The molecule has 19 heavy (non-hydrogen) atoms. The number of aliphatic hydroxyl groups excluding tert-OH is 1. The largest absolute Gasteiger partial charge is 0.508 e. The van der Waals surface area contributed by atoms with Crippen molar-refractivity contribution in [1.82, 2.24) is 0 Å². The molecule has 0 aliphatic carbocycles. The quantitative estimate of drug-likeness (QED) is 0.865. The lowest BCUT2D eigenvalue weighted by atomic mass is 10.1. The van der Waals surface area contributed by atoms with Gasteiger partial charge < -0.3 is 14.9 Å². The Kier molecular flexibility index (Phi) is 4.42. The zero-order valence-corrected chi connectivity index (χ0v) is 10.9. The Hall–Kier alpha value is -2.00. The molecule has 0 aliphatic heterocycles. The van der Waals surface area contributed by atoms with E-state index in [4.69, 9.17) is 4.74 Å². The van der Waals surface area contributed by atoms with Crippen LogP contribution >= 0.6 is 0 Å². The summed E-state index contributed by atoms with van der Waals surface area (Å²) in [4.78, 5) is 0. The van der Waals surface area contributed by atoms with Crippen molar-refractivity contribution in [2.75, 3.05) is 6.61 Å². The number of rotatable bonds is 5. The van der Waals surface area contributed by atoms with Crippen molar-refractivity contribution in [3.8, 4) is 22.6 Å². The van der Waals surface area contributed by atoms with Crippen molar-refractivity contribution >= 4 is 0 Å². The van der Waals surface area contributed by atoms with E-state index in [-0.39, 0.29) is 5.75 Å². The van der Waals surface area contributed by atoms with Gasteiger partial charge in [0.25, 0.3) is 0 Å². The average Bonchev–Trinajstić information content (AvgIpc) is 2.46. The molecule has 0 saturated carbocycles. The summed E-state index contributed by atoms with van der Waals surface area (Å²) < 4.78 is 5.48. The first kappa shape index (κ1) is 13.4. The highest BCUT2D eigenvalue weighted by atomic mass is 16.5. The molecule has 2 aromatic rings. The molecule has 0 heterocycles. The summed E-state index contributed by atoms with van der Waals surface area (Å²) in [6.45, 7) is 2.23. The third-order valence-electron chi connectivity index (χ3n) is 2.97. The van der Waals surface area contributed by atoms with E-state index in [0.717, 1.165) is 16.9 Å². The van der Waals surface area contributed by atoms with Crippen LogP contribution in [0.2, 0.25) is 0 Å². The van der Waals surface area contributed by atoms with Gasteiger partial charge in [0.15, 0.2) is 0 Å². The van der Waals surface area contributed by atoms with Crippen LogP contribution < -0.4 is 4.74 Å². The fourth-order valence-corrected chi connectivity index (χ4v) is 1.71. The van der Waals surface area contributed by atoms with Gasteiger partial charge >= 0.3 is 0 Å². The maximum Gasteiger partial charge on any atom is 0.119 e. The molecule has 0 aliphatic rings. The molecule has 0 bridgehead atoms. The Morgan fingerprint density at radius 1 is 0.947 bits per heavy atom. The number of phenols is 1. The topological polar surface area (TPSA) is 49.7 Å². The predicted octanol–water partition coefficient (Wildman–Crippen LogP) is 3.21. The van der Waals surface area contributed by atoms with E-state index in [1.54, 1.807) is 12.1 Å². The van der Waals surface area contributed by atoms with Gasteiger partial charge in [-0.3, -0.25) is 0 Å². The van der Waals surface area contributed by atoms with Gasteiger partial charge in [0.05, 0.1) is 6.10 Å². The molecule has 3 nitrogen and oxygen atoms in total. The predicted molar refractivity (Wildman–Crippen MR) is 75.3 cm³/mol. The number of hydrogen-bond donors (Lipinski definition) is 2. The molecule has 2 aromatic carbocycles. The molecule has 0 amide bonds. The number of aliphatic hydroxyl groups is 1. The van der Waals surface area contributed by atoms with Crippen LogP contribution in [0, 0.1) is 0 Å². The summed E-state index contributed by atoms with van der Waals surface area (Å²) in [5.74, 6) is 1.01. The van der Waals surface area contributed by atoms with Crippen LogP contribution in [0.1, 0.15) is 13.3 Å². The first-order valence-corrected chi connectivity index (χ1v) is 6.39. The Labute approximate surface area is 113 Å². The molecular weight excluding hydrogens is 240 g/mol. The van der Waals surface area contributed by atoms with Gasteiger partial charge in [0.1, 0.15) is 18.1 Å². The third-order valence-corrected chi connectivity index (χ3v) is 2.97. The van der Waals surface area contributed by atoms with Crippen molar-refractivity contribution in [3.05, 3.63) is 48.5 Å². The highest BCUT2D eigenvalue weighted by Gasteiger charge is 2.03. The first-order chi connectivity index (χ1) is 9.19. The van der Waals surface area contributed by atoms with E-state index in [0.29, 0.717) is 13.0 Å². The molecule has 1 atom stereocenters.